The number of fused-ring (bicyclic) bond motifs is 1. The Kier molecular flexibility index (Phi) is 6.42. The van der Waals surface area contributed by atoms with Crippen LogP contribution < -0.4 is 20.5 Å². The Balaban J connectivity index is 1.23. The number of aryl methyl sites for hydroxylation is 1. The highest BCUT2D eigenvalue weighted by Gasteiger charge is 2.31. The van der Waals surface area contributed by atoms with E-state index in [9.17, 15) is 9.59 Å². The van der Waals surface area contributed by atoms with Crippen molar-refractivity contribution in [1.29, 1.82) is 0 Å². The maximum absolute atomic E-state index is 11.8. The van der Waals surface area contributed by atoms with Crippen LogP contribution in [0.5, 0.6) is 11.5 Å². The Morgan fingerprint density at radius 2 is 1.92 bits per heavy atom. The van der Waals surface area contributed by atoms with Crippen LogP contribution in [-0.4, -0.2) is 31.5 Å². The molecular formula is C27H26N4O4S. The number of nitrogens with zero attached hydrogens (tertiary/aromatic N) is 2. The van der Waals surface area contributed by atoms with Gasteiger partial charge in [-0.1, -0.05) is 42.1 Å². The highest BCUT2D eigenvalue weighted by atomic mass is 32.2. The number of nitrogens with one attached hydrogen (secondary N) is 1. The second-order valence-corrected chi connectivity index (χ2v) is 10.2. The summed E-state index contributed by atoms with van der Waals surface area (Å²) >= 11 is 1.03. The summed E-state index contributed by atoms with van der Waals surface area (Å²) in [5.74, 6) is 2.64. The highest BCUT2D eigenvalue weighted by Crippen LogP contribution is 2.26. The lowest BCUT2D eigenvalue weighted by Gasteiger charge is -2.13. The van der Waals surface area contributed by atoms with Crippen LogP contribution in [-0.2, 0) is 24.9 Å². The number of rotatable bonds is 7. The lowest BCUT2D eigenvalue weighted by atomic mass is 10.0. The molecule has 36 heavy (non-hydrogen) atoms. The topological polar surface area (TPSA) is 108 Å². The number of thioether (sulfide) groups is 1. The lowest BCUT2D eigenvalue weighted by Crippen LogP contribution is -2.30. The van der Waals surface area contributed by atoms with E-state index in [0.717, 1.165) is 34.2 Å². The van der Waals surface area contributed by atoms with E-state index < -0.39 is 5.54 Å². The van der Waals surface area contributed by atoms with Gasteiger partial charge >= 0.3 is 0 Å². The van der Waals surface area contributed by atoms with E-state index >= 15 is 0 Å². The van der Waals surface area contributed by atoms with E-state index in [1.165, 1.54) is 0 Å². The largest absolute Gasteiger partial charge is 0.486 e. The standard InChI is InChI=1S/C27H26N4O4S/c1-27(28)12-3-4-19(11-13-27)35-20-9-10-21-22(15-20)31(2)24(29-21)16-34-18-7-5-17(6-8-18)14-23-25(32)30-26(33)36-23/h3-13,15,23H,14,16,28H2,1-2H3,(H,30,32,33). The number of imidazole rings is 1. The molecule has 2 amide bonds. The Morgan fingerprint density at radius 3 is 2.67 bits per heavy atom. The molecule has 8 nitrogen and oxygen atoms in total. The highest BCUT2D eigenvalue weighted by molar-refractivity contribution is 8.15. The fraction of sp³-hybridized carbons (Fsp3) is 0.222. The zero-order chi connectivity index (χ0) is 25.3. The number of nitrogens with two attached hydrogens (primary N) is 1. The number of hydrogen-bond donors (Lipinski definition) is 2. The first-order valence-corrected chi connectivity index (χ1v) is 12.4. The maximum Gasteiger partial charge on any atom is 0.286 e. The molecule has 1 aliphatic heterocycles. The number of ether oxygens (including phenoxy) is 2. The van der Waals surface area contributed by atoms with Gasteiger partial charge in [0.2, 0.25) is 5.91 Å². The Hall–Kier alpha value is -3.82. The average Bonchev–Trinajstić information content (AvgIpc) is 3.26. The van der Waals surface area contributed by atoms with Gasteiger partial charge in [0.1, 0.15) is 29.7 Å². The Morgan fingerprint density at radius 1 is 1.14 bits per heavy atom. The molecule has 1 saturated heterocycles. The van der Waals surface area contributed by atoms with E-state index in [1.54, 1.807) is 0 Å². The first kappa shape index (κ1) is 23.9. The van der Waals surface area contributed by atoms with Gasteiger partial charge in [-0.25, -0.2) is 4.98 Å². The van der Waals surface area contributed by atoms with Gasteiger partial charge in [-0.2, -0.15) is 0 Å². The van der Waals surface area contributed by atoms with Crippen molar-refractivity contribution in [2.24, 2.45) is 12.8 Å². The molecule has 5 rings (SSSR count). The van der Waals surface area contributed by atoms with E-state index in [1.807, 2.05) is 91.4 Å². The summed E-state index contributed by atoms with van der Waals surface area (Å²) in [6.45, 7) is 2.22. The number of benzene rings is 2. The molecule has 2 aromatic carbocycles. The molecule has 3 N–H and O–H groups in total. The average molecular weight is 503 g/mol. The van der Waals surface area contributed by atoms with Crippen LogP contribution in [0.2, 0.25) is 0 Å². The van der Waals surface area contributed by atoms with E-state index in [4.69, 9.17) is 20.2 Å². The number of aromatic nitrogens is 2. The Bertz CT molecular complexity index is 1420. The van der Waals surface area contributed by atoms with E-state index in [0.29, 0.717) is 30.3 Å². The zero-order valence-corrected chi connectivity index (χ0v) is 20.7. The number of hydrogen-bond acceptors (Lipinski definition) is 7. The van der Waals surface area contributed by atoms with Crippen LogP contribution in [0.3, 0.4) is 0 Å². The molecule has 0 radical (unpaired) electrons. The number of amides is 2. The third kappa shape index (κ3) is 5.37. The molecule has 2 heterocycles. The van der Waals surface area contributed by atoms with Crippen molar-refractivity contribution in [2.45, 2.75) is 30.7 Å². The fourth-order valence-corrected chi connectivity index (χ4v) is 4.81. The van der Waals surface area contributed by atoms with Gasteiger partial charge < -0.3 is 19.8 Å². The second-order valence-electron chi connectivity index (χ2n) is 8.99. The predicted octanol–water partition coefficient (Wildman–Crippen LogP) is 4.15. The fourth-order valence-electron chi connectivity index (χ4n) is 3.95. The number of carbonyl (C=O) groups excluding carboxylic acids is 2. The van der Waals surface area contributed by atoms with Crippen molar-refractivity contribution in [3.63, 3.8) is 0 Å². The van der Waals surface area contributed by atoms with Crippen molar-refractivity contribution >= 4 is 33.9 Å². The molecule has 0 spiro atoms. The minimum absolute atomic E-state index is 0.237. The van der Waals surface area contributed by atoms with Crippen LogP contribution in [0.4, 0.5) is 4.79 Å². The summed E-state index contributed by atoms with van der Waals surface area (Å²) in [4.78, 5) is 27.8. The van der Waals surface area contributed by atoms with Crippen molar-refractivity contribution in [3.8, 4) is 11.5 Å². The van der Waals surface area contributed by atoms with Crippen LogP contribution in [0, 0.1) is 0 Å². The molecule has 2 aliphatic rings. The summed E-state index contributed by atoms with van der Waals surface area (Å²) in [6.07, 6.45) is 9.96. The third-order valence-corrected chi connectivity index (χ3v) is 6.96. The van der Waals surface area contributed by atoms with Gasteiger partial charge in [0.05, 0.1) is 21.8 Å². The van der Waals surface area contributed by atoms with Crippen molar-refractivity contribution in [2.75, 3.05) is 0 Å². The molecule has 3 aromatic rings. The first-order valence-electron chi connectivity index (χ1n) is 11.5. The van der Waals surface area contributed by atoms with Crippen molar-refractivity contribution in [1.82, 2.24) is 14.9 Å². The lowest BCUT2D eigenvalue weighted by molar-refractivity contribution is -0.118. The molecule has 0 bridgehead atoms. The first-order chi connectivity index (χ1) is 17.3. The van der Waals surface area contributed by atoms with Crippen LogP contribution >= 0.6 is 11.8 Å². The summed E-state index contributed by atoms with van der Waals surface area (Å²) in [7, 11) is 1.94. The van der Waals surface area contributed by atoms with Gasteiger partial charge in [-0.15, -0.1) is 0 Å². The third-order valence-electron chi connectivity index (χ3n) is 5.98. The maximum atomic E-state index is 11.8. The second kappa shape index (κ2) is 9.67. The van der Waals surface area contributed by atoms with Gasteiger partial charge in [0.25, 0.3) is 5.24 Å². The van der Waals surface area contributed by atoms with E-state index in [2.05, 4.69) is 5.32 Å². The quantitative estimate of drug-likeness (QED) is 0.500. The monoisotopic (exact) mass is 502 g/mol. The number of allylic oxidation sites excluding steroid dienone is 3. The van der Waals surface area contributed by atoms with Gasteiger partial charge in [-0.3, -0.25) is 14.9 Å². The van der Waals surface area contributed by atoms with Crippen molar-refractivity contribution in [3.05, 3.63) is 90.0 Å². The van der Waals surface area contributed by atoms with Gasteiger partial charge in [0.15, 0.2) is 0 Å². The predicted molar refractivity (Wildman–Crippen MR) is 140 cm³/mol. The van der Waals surface area contributed by atoms with Crippen LogP contribution in [0.25, 0.3) is 11.0 Å². The SMILES string of the molecule is Cn1c(COc2ccc(CC3SC(=O)NC3=O)cc2)nc2ccc(OC3=CC=CC(C)(N)C=C3)cc21. The molecule has 1 aromatic heterocycles. The normalized spacial score (nSPS) is 21.4. The smallest absolute Gasteiger partial charge is 0.286 e. The molecule has 2 atom stereocenters. The Labute approximate surface area is 212 Å². The zero-order valence-electron chi connectivity index (χ0n) is 19.9. The molecule has 2 unspecified atom stereocenters. The van der Waals surface area contributed by atoms with E-state index in [-0.39, 0.29) is 16.4 Å². The number of carbonyl (C=O) groups is 2. The number of imide groups is 1. The van der Waals surface area contributed by atoms with Gasteiger partial charge in [-0.05, 0) is 55.3 Å². The summed E-state index contributed by atoms with van der Waals surface area (Å²) in [6, 6.07) is 13.3. The van der Waals surface area contributed by atoms with Crippen LogP contribution in [0.15, 0.2) is 78.6 Å². The summed E-state index contributed by atoms with van der Waals surface area (Å²) < 4.78 is 14.0. The molecule has 1 fully saturated rings. The minimum Gasteiger partial charge on any atom is -0.486 e. The summed E-state index contributed by atoms with van der Waals surface area (Å²) in [5.41, 5.74) is 8.38. The van der Waals surface area contributed by atoms with Gasteiger partial charge in [0, 0.05) is 13.1 Å². The minimum atomic E-state index is -0.505. The molecule has 0 saturated carbocycles. The molecular weight excluding hydrogens is 476 g/mol. The van der Waals surface area contributed by atoms with Crippen LogP contribution in [0.1, 0.15) is 18.3 Å². The molecule has 184 valence electrons. The summed E-state index contributed by atoms with van der Waals surface area (Å²) in [5, 5.41) is 1.64. The van der Waals surface area contributed by atoms with Crippen molar-refractivity contribution < 1.29 is 19.1 Å². The molecule has 1 aliphatic carbocycles. The molecule has 9 heteroatoms.